The first-order valence-corrected chi connectivity index (χ1v) is 17.7. The fourth-order valence-corrected chi connectivity index (χ4v) is 10.7. The molecule has 0 aliphatic heterocycles. The summed E-state index contributed by atoms with van der Waals surface area (Å²) in [6, 6.07) is 46.1. The van der Waals surface area contributed by atoms with Crippen LogP contribution in [0.25, 0.3) is 99.7 Å². The SMILES string of the molecule is c1ccc2c(c1)sc1cc3c(cc12)c1ccccc1n3-c1nc(-c2cccc3c2sc2ccccc23)c2sc3ccccc3c2n1. The van der Waals surface area contributed by atoms with Crippen molar-refractivity contribution in [1.29, 1.82) is 0 Å². The number of fused-ring (bicyclic) bond motifs is 12. The molecule has 0 saturated carbocycles. The van der Waals surface area contributed by atoms with Crippen LogP contribution in [0.5, 0.6) is 0 Å². The molecule has 6 aromatic carbocycles. The van der Waals surface area contributed by atoms with E-state index in [0.717, 1.165) is 32.5 Å². The molecule has 0 atom stereocenters. The van der Waals surface area contributed by atoms with E-state index in [2.05, 4.69) is 132 Å². The molecule has 11 aromatic rings. The summed E-state index contributed by atoms with van der Waals surface area (Å²) in [7, 11) is 0. The second-order valence-electron chi connectivity index (χ2n) is 11.7. The molecule has 5 heterocycles. The first-order chi connectivity index (χ1) is 22.8. The van der Waals surface area contributed by atoms with Crippen LogP contribution in [0.2, 0.25) is 0 Å². The maximum absolute atomic E-state index is 5.52. The molecule has 46 heavy (non-hydrogen) atoms. The van der Waals surface area contributed by atoms with Gasteiger partial charge in [0.1, 0.15) is 0 Å². The first kappa shape index (κ1) is 25.1. The Kier molecular flexibility index (Phi) is 5.02. The van der Waals surface area contributed by atoms with E-state index in [0.29, 0.717) is 5.95 Å². The van der Waals surface area contributed by atoms with Gasteiger partial charge in [-0.15, -0.1) is 34.0 Å². The molecule has 214 valence electrons. The number of nitrogens with zero attached hydrogens (tertiary/aromatic N) is 3. The lowest BCUT2D eigenvalue weighted by atomic mass is 10.1. The van der Waals surface area contributed by atoms with Gasteiger partial charge in [0, 0.05) is 66.8 Å². The number of para-hydroxylation sites is 1. The van der Waals surface area contributed by atoms with Crippen molar-refractivity contribution in [2.75, 3.05) is 0 Å². The van der Waals surface area contributed by atoms with Crippen LogP contribution in [0.1, 0.15) is 0 Å². The molecule has 11 rings (SSSR count). The zero-order chi connectivity index (χ0) is 29.9. The summed E-state index contributed by atoms with van der Waals surface area (Å²) >= 11 is 5.49. The standard InChI is InChI=1S/C40H21N3S3/c1-5-16-30-22(10-1)28-20-29-24-12-3-6-17-32(24)44-35(29)21-31(28)43(30)40-41-36-26-13-4-8-19-34(26)46-39(36)37(42-40)27-15-9-14-25-23-11-2-7-18-33(23)45-38(25)27/h1-21H. The summed E-state index contributed by atoms with van der Waals surface area (Å²) in [4.78, 5) is 10.9. The van der Waals surface area contributed by atoms with Crippen LogP contribution >= 0.6 is 34.0 Å². The fraction of sp³-hybridized carbons (Fsp3) is 0. The molecule has 6 heteroatoms. The van der Waals surface area contributed by atoms with Crippen LogP contribution in [-0.2, 0) is 0 Å². The Balaban J connectivity index is 1.29. The highest BCUT2D eigenvalue weighted by Crippen LogP contribution is 2.45. The molecule has 0 amide bonds. The molecule has 0 saturated heterocycles. The summed E-state index contributed by atoms with van der Waals surface area (Å²) in [5, 5.41) is 8.78. The van der Waals surface area contributed by atoms with Crippen molar-refractivity contribution in [2.24, 2.45) is 0 Å². The smallest absolute Gasteiger partial charge is 0.235 e. The largest absolute Gasteiger partial charge is 0.278 e. The Labute approximate surface area is 274 Å². The number of thiophene rings is 3. The third kappa shape index (κ3) is 3.35. The van der Waals surface area contributed by atoms with Crippen molar-refractivity contribution >= 4 is 116 Å². The van der Waals surface area contributed by atoms with Crippen LogP contribution in [0, 0.1) is 0 Å². The summed E-state index contributed by atoms with van der Waals surface area (Å²) in [5.74, 6) is 0.704. The lowest BCUT2D eigenvalue weighted by molar-refractivity contribution is 1.02. The van der Waals surface area contributed by atoms with Crippen molar-refractivity contribution in [3.8, 4) is 17.2 Å². The van der Waals surface area contributed by atoms with E-state index in [1.165, 1.54) is 61.2 Å². The molecule has 0 bridgehead atoms. The summed E-state index contributed by atoms with van der Waals surface area (Å²) in [6.07, 6.45) is 0. The average Bonchev–Trinajstić information content (AvgIpc) is 3.85. The van der Waals surface area contributed by atoms with Gasteiger partial charge in [0.2, 0.25) is 5.95 Å². The zero-order valence-electron chi connectivity index (χ0n) is 24.2. The van der Waals surface area contributed by atoms with Crippen LogP contribution in [0.4, 0.5) is 0 Å². The number of rotatable bonds is 2. The van der Waals surface area contributed by atoms with E-state index >= 15 is 0 Å². The minimum atomic E-state index is 0.704. The Morgan fingerprint density at radius 2 is 1.04 bits per heavy atom. The predicted molar refractivity (Wildman–Crippen MR) is 200 cm³/mol. The molecule has 5 aromatic heterocycles. The number of hydrogen-bond donors (Lipinski definition) is 0. The van der Waals surface area contributed by atoms with E-state index in [9.17, 15) is 0 Å². The minimum Gasteiger partial charge on any atom is -0.278 e. The van der Waals surface area contributed by atoms with Gasteiger partial charge in [0.15, 0.2) is 0 Å². The van der Waals surface area contributed by atoms with E-state index in [1.54, 1.807) is 11.3 Å². The second kappa shape index (κ2) is 9.21. The van der Waals surface area contributed by atoms with Gasteiger partial charge in [-0.25, -0.2) is 9.97 Å². The molecule has 0 spiro atoms. The third-order valence-corrected chi connectivity index (χ3v) is 12.8. The van der Waals surface area contributed by atoms with Crippen molar-refractivity contribution in [1.82, 2.24) is 14.5 Å². The monoisotopic (exact) mass is 639 g/mol. The normalized spacial score (nSPS) is 12.3. The van der Waals surface area contributed by atoms with Crippen molar-refractivity contribution in [3.05, 3.63) is 127 Å². The molecular weight excluding hydrogens is 619 g/mol. The Hall–Kier alpha value is -5.14. The summed E-state index contributed by atoms with van der Waals surface area (Å²) < 4.78 is 9.78. The highest BCUT2D eigenvalue weighted by molar-refractivity contribution is 7.27. The van der Waals surface area contributed by atoms with Gasteiger partial charge in [-0.05, 0) is 36.4 Å². The molecule has 3 nitrogen and oxygen atoms in total. The Morgan fingerprint density at radius 1 is 0.413 bits per heavy atom. The zero-order valence-corrected chi connectivity index (χ0v) is 26.6. The van der Waals surface area contributed by atoms with Crippen LogP contribution in [-0.4, -0.2) is 14.5 Å². The maximum atomic E-state index is 5.52. The molecule has 0 N–H and O–H groups in total. The lowest BCUT2D eigenvalue weighted by Crippen LogP contribution is -2.02. The number of aromatic nitrogens is 3. The predicted octanol–water partition coefficient (Wildman–Crippen LogP) is 12.3. The molecule has 0 aliphatic carbocycles. The maximum Gasteiger partial charge on any atom is 0.235 e. The molecule has 0 aliphatic rings. The molecule has 0 unspecified atom stereocenters. The van der Waals surface area contributed by atoms with Crippen molar-refractivity contribution in [3.63, 3.8) is 0 Å². The first-order valence-electron chi connectivity index (χ1n) is 15.2. The van der Waals surface area contributed by atoms with Gasteiger partial charge in [-0.1, -0.05) is 91.0 Å². The van der Waals surface area contributed by atoms with Crippen LogP contribution in [0.3, 0.4) is 0 Å². The van der Waals surface area contributed by atoms with Gasteiger partial charge in [0.25, 0.3) is 0 Å². The fourth-order valence-electron chi connectivity index (χ4n) is 7.20. The minimum absolute atomic E-state index is 0.704. The van der Waals surface area contributed by atoms with Crippen molar-refractivity contribution < 1.29 is 0 Å². The topological polar surface area (TPSA) is 30.7 Å². The Morgan fingerprint density at radius 3 is 1.87 bits per heavy atom. The lowest BCUT2D eigenvalue weighted by Gasteiger charge is -2.11. The third-order valence-electron chi connectivity index (χ3n) is 9.24. The van der Waals surface area contributed by atoms with Crippen molar-refractivity contribution in [2.45, 2.75) is 0 Å². The summed E-state index contributed by atoms with van der Waals surface area (Å²) in [5.41, 5.74) is 5.40. The van der Waals surface area contributed by atoms with Gasteiger partial charge < -0.3 is 0 Å². The molecule has 0 radical (unpaired) electrons. The van der Waals surface area contributed by atoms with E-state index < -0.39 is 0 Å². The van der Waals surface area contributed by atoms with Crippen LogP contribution < -0.4 is 0 Å². The van der Waals surface area contributed by atoms with Gasteiger partial charge in [-0.3, -0.25) is 4.57 Å². The van der Waals surface area contributed by atoms with Gasteiger partial charge in [0.05, 0.1) is 26.9 Å². The second-order valence-corrected chi connectivity index (χ2v) is 14.9. The quantitative estimate of drug-likeness (QED) is 0.188. The number of benzene rings is 6. The summed E-state index contributed by atoms with van der Waals surface area (Å²) in [6.45, 7) is 0. The van der Waals surface area contributed by atoms with E-state index in [1.807, 2.05) is 22.7 Å². The van der Waals surface area contributed by atoms with E-state index in [4.69, 9.17) is 9.97 Å². The number of hydrogen-bond acceptors (Lipinski definition) is 5. The van der Waals surface area contributed by atoms with Gasteiger partial charge in [-0.2, -0.15) is 0 Å². The van der Waals surface area contributed by atoms with E-state index in [-0.39, 0.29) is 0 Å². The van der Waals surface area contributed by atoms with Crippen LogP contribution in [0.15, 0.2) is 127 Å². The van der Waals surface area contributed by atoms with Gasteiger partial charge >= 0.3 is 0 Å². The average molecular weight is 640 g/mol. The Bertz CT molecular complexity index is 3050. The highest BCUT2D eigenvalue weighted by Gasteiger charge is 2.22. The molecular formula is C40H21N3S3. The molecule has 0 fully saturated rings. The highest BCUT2D eigenvalue weighted by atomic mass is 32.1.